The van der Waals surface area contributed by atoms with Crippen molar-refractivity contribution in [3.63, 3.8) is 0 Å². The first-order chi connectivity index (χ1) is 16.4. The van der Waals surface area contributed by atoms with Gasteiger partial charge in [0.2, 0.25) is 0 Å². The van der Waals surface area contributed by atoms with E-state index >= 15 is 0 Å². The van der Waals surface area contributed by atoms with E-state index in [0.29, 0.717) is 13.2 Å². The Labute approximate surface area is 207 Å². The summed E-state index contributed by atoms with van der Waals surface area (Å²) in [5.41, 5.74) is 2.39. The minimum atomic E-state index is -1.17. The fourth-order valence-electron chi connectivity index (χ4n) is 3.64. The van der Waals surface area contributed by atoms with Crippen LogP contribution in [0.1, 0.15) is 52.7 Å². The van der Waals surface area contributed by atoms with Gasteiger partial charge < -0.3 is 29.3 Å². The smallest absolute Gasteiger partial charge is 0.119 e. The van der Waals surface area contributed by atoms with Gasteiger partial charge in [-0.3, -0.25) is 0 Å². The molecule has 0 saturated carbocycles. The first kappa shape index (κ1) is 27.7. The SMILES string of the molecule is C/C(=C\C(C)COc1ccc(C(C)(C)c2ccc(OCC(C)/C=C(\C)C(=O)[O-])cc2)cc1)C(=O)[O-]. The molecule has 0 aliphatic carbocycles. The minimum Gasteiger partial charge on any atom is -0.545 e. The van der Waals surface area contributed by atoms with E-state index in [1.165, 1.54) is 13.8 Å². The van der Waals surface area contributed by atoms with Crippen molar-refractivity contribution < 1.29 is 29.3 Å². The van der Waals surface area contributed by atoms with Gasteiger partial charge in [-0.1, -0.05) is 64.1 Å². The molecule has 2 rings (SSSR count). The summed E-state index contributed by atoms with van der Waals surface area (Å²) in [6.07, 6.45) is 3.26. The van der Waals surface area contributed by atoms with Crippen LogP contribution in [-0.2, 0) is 15.0 Å². The van der Waals surface area contributed by atoms with E-state index in [1.807, 2.05) is 62.4 Å². The molecule has 2 aromatic rings. The number of hydrogen-bond acceptors (Lipinski definition) is 6. The van der Waals surface area contributed by atoms with Gasteiger partial charge in [0.15, 0.2) is 0 Å². The van der Waals surface area contributed by atoms with Crippen LogP contribution in [0.15, 0.2) is 71.8 Å². The Morgan fingerprint density at radius 2 is 1.06 bits per heavy atom. The first-order valence-corrected chi connectivity index (χ1v) is 11.7. The third kappa shape index (κ3) is 8.32. The van der Waals surface area contributed by atoms with Crippen LogP contribution in [-0.4, -0.2) is 25.2 Å². The molecular weight excluding hydrogens is 444 g/mol. The van der Waals surface area contributed by atoms with Gasteiger partial charge in [-0.05, 0) is 60.4 Å². The molecule has 0 bridgehead atoms. The standard InChI is InChI=1S/C29H36O6/c1-19(15-21(3)27(30)31)17-34-25-11-7-23(8-12-25)29(5,6)24-9-13-26(14-10-24)35-18-20(2)16-22(4)28(32)33/h7-16,19-20H,17-18H2,1-6H3,(H,30,31)(H,32,33)/p-2/b21-15+,22-16+. The van der Waals surface area contributed by atoms with Gasteiger partial charge in [0.05, 0.1) is 25.2 Å². The number of benzene rings is 2. The van der Waals surface area contributed by atoms with Crippen molar-refractivity contribution in [3.8, 4) is 11.5 Å². The van der Waals surface area contributed by atoms with Gasteiger partial charge in [0, 0.05) is 17.3 Å². The largest absolute Gasteiger partial charge is 0.545 e. The summed E-state index contributed by atoms with van der Waals surface area (Å²) in [4.78, 5) is 21.7. The van der Waals surface area contributed by atoms with Crippen molar-refractivity contribution >= 4 is 11.9 Å². The third-order valence-electron chi connectivity index (χ3n) is 5.89. The van der Waals surface area contributed by atoms with Gasteiger partial charge in [-0.25, -0.2) is 0 Å². The molecule has 0 aliphatic rings. The maximum atomic E-state index is 10.8. The first-order valence-electron chi connectivity index (χ1n) is 11.7. The average Bonchev–Trinajstić information content (AvgIpc) is 2.81. The molecule has 6 nitrogen and oxygen atoms in total. The van der Waals surface area contributed by atoms with E-state index < -0.39 is 11.9 Å². The number of carboxylic acids is 2. The molecule has 2 unspecified atom stereocenters. The van der Waals surface area contributed by atoms with Gasteiger partial charge >= 0.3 is 0 Å². The van der Waals surface area contributed by atoms with Crippen molar-refractivity contribution in [2.24, 2.45) is 11.8 Å². The van der Waals surface area contributed by atoms with Crippen LogP contribution in [0, 0.1) is 11.8 Å². The highest BCUT2D eigenvalue weighted by Gasteiger charge is 2.23. The Morgan fingerprint density at radius 1 is 0.743 bits per heavy atom. The zero-order valence-electron chi connectivity index (χ0n) is 21.3. The third-order valence-corrected chi connectivity index (χ3v) is 5.89. The van der Waals surface area contributed by atoms with E-state index in [2.05, 4.69) is 13.8 Å². The highest BCUT2D eigenvalue weighted by atomic mass is 16.5. The Kier molecular flexibility index (Phi) is 9.69. The normalized spacial score (nSPS) is 14.2. The van der Waals surface area contributed by atoms with Crippen molar-refractivity contribution in [3.05, 3.63) is 83.0 Å². The highest BCUT2D eigenvalue weighted by Crippen LogP contribution is 2.33. The van der Waals surface area contributed by atoms with Crippen LogP contribution in [0.25, 0.3) is 0 Å². The second-order valence-electron chi connectivity index (χ2n) is 9.52. The summed E-state index contributed by atoms with van der Waals surface area (Å²) in [6.45, 7) is 11.8. The van der Waals surface area contributed by atoms with Gasteiger partial charge in [0.25, 0.3) is 0 Å². The molecule has 0 amide bonds. The molecule has 0 aromatic heterocycles. The van der Waals surface area contributed by atoms with Gasteiger partial charge in [-0.15, -0.1) is 0 Å². The van der Waals surface area contributed by atoms with Crippen LogP contribution in [0.3, 0.4) is 0 Å². The highest BCUT2D eigenvalue weighted by molar-refractivity contribution is 5.84. The van der Waals surface area contributed by atoms with Gasteiger partial charge in [-0.2, -0.15) is 0 Å². The van der Waals surface area contributed by atoms with Crippen molar-refractivity contribution in [2.45, 2.75) is 47.0 Å². The zero-order chi connectivity index (χ0) is 26.2. The van der Waals surface area contributed by atoms with Crippen molar-refractivity contribution in [1.82, 2.24) is 0 Å². The topological polar surface area (TPSA) is 98.7 Å². The average molecular weight is 479 g/mol. The molecule has 2 aromatic carbocycles. The van der Waals surface area contributed by atoms with Crippen LogP contribution in [0.2, 0.25) is 0 Å². The number of hydrogen-bond donors (Lipinski definition) is 0. The van der Waals surface area contributed by atoms with E-state index in [0.717, 1.165) is 22.6 Å². The Morgan fingerprint density at radius 3 is 1.34 bits per heavy atom. The number of carboxylic acid groups (broad SMARTS) is 2. The fraction of sp³-hybridized carbons (Fsp3) is 0.379. The fourth-order valence-corrected chi connectivity index (χ4v) is 3.64. The monoisotopic (exact) mass is 478 g/mol. The Balaban J connectivity index is 1.99. The minimum absolute atomic E-state index is 0.0537. The lowest BCUT2D eigenvalue weighted by atomic mass is 9.78. The van der Waals surface area contributed by atoms with Crippen LogP contribution < -0.4 is 19.7 Å². The Bertz CT molecular complexity index is 976. The van der Waals surface area contributed by atoms with E-state index in [9.17, 15) is 19.8 Å². The molecule has 6 heteroatoms. The molecule has 0 spiro atoms. The quantitative estimate of drug-likeness (QED) is 0.434. The predicted octanol–water partition coefficient (Wildman–Crippen LogP) is 3.43. The molecule has 188 valence electrons. The molecule has 0 heterocycles. The lowest BCUT2D eigenvalue weighted by Crippen LogP contribution is -2.23. The number of carbonyl (C=O) groups is 2. The zero-order valence-corrected chi connectivity index (χ0v) is 21.3. The van der Waals surface area contributed by atoms with E-state index in [-0.39, 0.29) is 28.4 Å². The van der Waals surface area contributed by atoms with Crippen molar-refractivity contribution in [2.75, 3.05) is 13.2 Å². The Hall–Kier alpha value is -3.54. The van der Waals surface area contributed by atoms with E-state index in [4.69, 9.17) is 9.47 Å². The van der Waals surface area contributed by atoms with Crippen LogP contribution in [0.4, 0.5) is 0 Å². The molecule has 0 fully saturated rings. The predicted molar refractivity (Wildman–Crippen MR) is 132 cm³/mol. The van der Waals surface area contributed by atoms with Crippen LogP contribution >= 0.6 is 0 Å². The molecule has 2 atom stereocenters. The summed E-state index contributed by atoms with van der Waals surface area (Å²) in [5.74, 6) is -1.01. The second kappa shape index (κ2) is 12.2. The van der Waals surface area contributed by atoms with E-state index in [1.54, 1.807) is 12.2 Å². The summed E-state index contributed by atoms with van der Waals surface area (Å²) >= 11 is 0. The molecular formula is C29H34O6-2. The summed E-state index contributed by atoms with van der Waals surface area (Å²) in [5, 5.41) is 21.7. The van der Waals surface area contributed by atoms with Crippen LogP contribution in [0.5, 0.6) is 11.5 Å². The van der Waals surface area contributed by atoms with Crippen molar-refractivity contribution in [1.29, 1.82) is 0 Å². The number of carbonyl (C=O) groups excluding carboxylic acids is 2. The summed E-state index contributed by atoms with van der Waals surface area (Å²) in [6, 6.07) is 15.8. The molecule has 0 N–H and O–H groups in total. The lowest BCUT2D eigenvalue weighted by molar-refractivity contribution is -0.300. The second-order valence-corrected chi connectivity index (χ2v) is 9.52. The number of rotatable bonds is 12. The lowest BCUT2D eigenvalue weighted by Gasteiger charge is -2.26. The molecule has 0 aliphatic heterocycles. The summed E-state index contributed by atoms with van der Waals surface area (Å²) < 4.78 is 11.6. The maximum Gasteiger partial charge on any atom is 0.119 e. The summed E-state index contributed by atoms with van der Waals surface area (Å²) in [7, 11) is 0. The molecule has 0 radical (unpaired) electrons. The number of ether oxygens (including phenoxy) is 2. The number of aliphatic carboxylic acids is 2. The molecule has 35 heavy (non-hydrogen) atoms. The van der Waals surface area contributed by atoms with Gasteiger partial charge in [0.1, 0.15) is 11.5 Å². The maximum absolute atomic E-state index is 10.8. The molecule has 0 saturated heterocycles.